The van der Waals surface area contributed by atoms with Crippen molar-refractivity contribution in [2.24, 2.45) is 5.92 Å². The molecule has 3 rings (SSSR count). The van der Waals surface area contributed by atoms with Gasteiger partial charge in [-0.05, 0) is 36.1 Å². The van der Waals surface area contributed by atoms with Crippen molar-refractivity contribution in [3.05, 3.63) is 59.7 Å². The zero-order valence-corrected chi connectivity index (χ0v) is 18.7. The number of nitrogens with zero attached hydrogens (tertiary/aromatic N) is 1. The molecule has 2 unspecified atom stereocenters. The van der Waals surface area contributed by atoms with Gasteiger partial charge in [0.1, 0.15) is 6.61 Å². The second-order valence-electron chi connectivity index (χ2n) is 8.18. The Balaban J connectivity index is 1.54. The number of benzene rings is 2. The number of hydrogen-bond acceptors (Lipinski definition) is 4. The molecular formula is C25H30N2O5. The summed E-state index contributed by atoms with van der Waals surface area (Å²) < 4.78 is 5.50. The van der Waals surface area contributed by atoms with Crippen molar-refractivity contribution in [2.75, 3.05) is 19.7 Å². The van der Waals surface area contributed by atoms with Crippen molar-refractivity contribution in [3.63, 3.8) is 0 Å². The van der Waals surface area contributed by atoms with Gasteiger partial charge in [-0.2, -0.15) is 0 Å². The third-order valence-corrected chi connectivity index (χ3v) is 5.94. The Morgan fingerprint density at radius 1 is 1.03 bits per heavy atom. The highest BCUT2D eigenvalue weighted by atomic mass is 16.5. The normalized spacial score (nSPS) is 14.1. The lowest BCUT2D eigenvalue weighted by Gasteiger charge is -2.29. The molecule has 1 aliphatic rings. The van der Waals surface area contributed by atoms with Gasteiger partial charge in [-0.1, -0.05) is 55.5 Å². The number of carbonyl (C=O) groups is 3. The van der Waals surface area contributed by atoms with E-state index in [1.54, 1.807) is 13.8 Å². The molecule has 2 amide bonds. The van der Waals surface area contributed by atoms with Crippen LogP contribution in [-0.4, -0.2) is 53.7 Å². The first-order valence-corrected chi connectivity index (χ1v) is 10.9. The maximum atomic E-state index is 12.7. The molecule has 0 aliphatic heterocycles. The van der Waals surface area contributed by atoms with Crippen LogP contribution in [0.25, 0.3) is 11.1 Å². The van der Waals surface area contributed by atoms with Crippen molar-refractivity contribution in [1.29, 1.82) is 0 Å². The number of carbonyl (C=O) groups excluding carboxylic acids is 2. The minimum atomic E-state index is -0.951. The molecule has 0 fully saturated rings. The fourth-order valence-corrected chi connectivity index (χ4v) is 4.30. The quantitative estimate of drug-likeness (QED) is 0.620. The highest BCUT2D eigenvalue weighted by molar-refractivity contribution is 5.81. The van der Waals surface area contributed by atoms with E-state index in [2.05, 4.69) is 29.6 Å². The fraction of sp³-hybridized carbons (Fsp3) is 0.400. The van der Waals surface area contributed by atoms with E-state index in [1.165, 1.54) is 4.90 Å². The number of rotatable bonds is 9. The number of alkyl carbamates (subject to hydrolysis) is 1. The van der Waals surface area contributed by atoms with Crippen LogP contribution in [0.4, 0.5) is 4.79 Å². The van der Waals surface area contributed by atoms with Crippen LogP contribution < -0.4 is 5.32 Å². The summed E-state index contributed by atoms with van der Waals surface area (Å²) in [6.45, 7) is 5.96. The Bertz CT molecular complexity index is 944. The van der Waals surface area contributed by atoms with Crippen LogP contribution in [-0.2, 0) is 14.3 Å². The number of hydrogen-bond donors (Lipinski definition) is 2. The summed E-state index contributed by atoms with van der Waals surface area (Å²) in [5.74, 6) is -1.67. The molecule has 0 spiro atoms. The molecule has 170 valence electrons. The Morgan fingerprint density at radius 3 is 2.12 bits per heavy atom. The summed E-state index contributed by atoms with van der Waals surface area (Å²) in [7, 11) is 0. The van der Waals surface area contributed by atoms with E-state index >= 15 is 0 Å². The number of nitrogens with one attached hydrogen (secondary N) is 1. The van der Waals surface area contributed by atoms with Crippen molar-refractivity contribution < 1.29 is 24.2 Å². The largest absolute Gasteiger partial charge is 0.481 e. The zero-order chi connectivity index (χ0) is 23.3. The van der Waals surface area contributed by atoms with Crippen LogP contribution in [0.1, 0.15) is 44.2 Å². The molecule has 7 nitrogen and oxygen atoms in total. The Morgan fingerprint density at radius 2 is 1.59 bits per heavy atom. The molecule has 0 saturated carbocycles. The maximum absolute atomic E-state index is 12.7. The summed E-state index contributed by atoms with van der Waals surface area (Å²) in [6, 6.07) is 15.8. The Kier molecular flexibility index (Phi) is 7.51. The van der Waals surface area contributed by atoms with Crippen molar-refractivity contribution in [2.45, 2.75) is 39.2 Å². The second-order valence-corrected chi connectivity index (χ2v) is 8.18. The number of carboxylic acid groups (broad SMARTS) is 1. The smallest absolute Gasteiger partial charge is 0.407 e. The van der Waals surface area contributed by atoms with Gasteiger partial charge in [0, 0.05) is 25.0 Å². The van der Waals surface area contributed by atoms with E-state index in [1.807, 2.05) is 31.2 Å². The van der Waals surface area contributed by atoms with Crippen molar-refractivity contribution >= 4 is 18.0 Å². The van der Waals surface area contributed by atoms with Gasteiger partial charge in [0.25, 0.3) is 0 Å². The predicted octanol–water partition coefficient (Wildman–Crippen LogP) is 3.87. The topological polar surface area (TPSA) is 95.9 Å². The average Bonchev–Trinajstić information content (AvgIpc) is 3.09. The fourth-order valence-electron chi connectivity index (χ4n) is 4.30. The number of amides is 2. The third-order valence-electron chi connectivity index (χ3n) is 5.94. The number of aliphatic carboxylic acids is 1. The number of fused-ring (bicyclic) bond motifs is 3. The Labute approximate surface area is 188 Å². The molecule has 32 heavy (non-hydrogen) atoms. The van der Waals surface area contributed by atoms with Gasteiger partial charge in [-0.15, -0.1) is 0 Å². The monoisotopic (exact) mass is 438 g/mol. The summed E-state index contributed by atoms with van der Waals surface area (Å²) in [5, 5.41) is 11.7. The minimum absolute atomic E-state index is 0.0281. The lowest BCUT2D eigenvalue weighted by atomic mass is 9.98. The lowest BCUT2D eigenvalue weighted by molar-refractivity contribution is -0.141. The van der Waals surface area contributed by atoms with Gasteiger partial charge >= 0.3 is 12.1 Å². The molecule has 2 atom stereocenters. The van der Waals surface area contributed by atoms with Crippen LogP contribution in [0.2, 0.25) is 0 Å². The van der Waals surface area contributed by atoms with Crippen LogP contribution in [0.15, 0.2) is 48.5 Å². The van der Waals surface area contributed by atoms with Gasteiger partial charge in [0.2, 0.25) is 5.91 Å². The van der Waals surface area contributed by atoms with Gasteiger partial charge in [-0.3, -0.25) is 9.59 Å². The van der Waals surface area contributed by atoms with Crippen LogP contribution in [0.5, 0.6) is 0 Å². The molecule has 0 heterocycles. The molecule has 1 aliphatic carbocycles. The summed E-state index contributed by atoms with van der Waals surface area (Å²) >= 11 is 0. The first kappa shape index (κ1) is 23.3. The number of carboxylic acids is 1. The van der Waals surface area contributed by atoms with Gasteiger partial charge < -0.3 is 20.1 Å². The van der Waals surface area contributed by atoms with Crippen LogP contribution >= 0.6 is 0 Å². The van der Waals surface area contributed by atoms with E-state index in [9.17, 15) is 14.4 Å². The third kappa shape index (κ3) is 5.10. The minimum Gasteiger partial charge on any atom is -0.481 e. The summed E-state index contributed by atoms with van der Waals surface area (Å²) in [6.07, 6.45) is -0.695. The lowest BCUT2D eigenvalue weighted by Crippen LogP contribution is -2.45. The predicted molar refractivity (Wildman–Crippen MR) is 121 cm³/mol. The van der Waals surface area contributed by atoms with Crippen molar-refractivity contribution in [3.8, 4) is 11.1 Å². The molecule has 0 aromatic heterocycles. The molecule has 0 bridgehead atoms. The first-order valence-electron chi connectivity index (χ1n) is 10.9. The molecule has 0 saturated heterocycles. The van der Waals surface area contributed by atoms with Gasteiger partial charge in [-0.25, -0.2) is 4.79 Å². The average molecular weight is 439 g/mol. The molecule has 2 aromatic rings. The Hall–Kier alpha value is -3.35. The molecule has 2 aromatic carbocycles. The van der Waals surface area contributed by atoms with Crippen molar-refractivity contribution in [1.82, 2.24) is 10.2 Å². The van der Waals surface area contributed by atoms with E-state index in [0.717, 1.165) is 22.3 Å². The molecule has 0 radical (unpaired) electrons. The number of ether oxygens (including phenoxy) is 1. The standard InChI is InChI=1S/C25H30N2O5/c1-4-27(17(3)13-23(28)29)24(30)16(2)14-26-25(31)32-15-22-20-11-7-5-9-18(20)19-10-6-8-12-21(19)22/h5-12,16-17,22H,4,13-15H2,1-3H3,(H,26,31)(H,28,29). The molecule has 2 N–H and O–H groups in total. The van der Waals surface area contributed by atoms with E-state index in [4.69, 9.17) is 9.84 Å². The molecule has 7 heteroatoms. The van der Waals surface area contributed by atoms with Crippen LogP contribution in [0, 0.1) is 5.92 Å². The zero-order valence-electron chi connectivity index (χ0n) is 18.7. The van der Waals surface area contributed by atoms with Gasteiger partial charge in [0.15, 0.2) is 0 Å². The SMILES string of the molecule is CCN(C(=O)C(C)CNC(=O)OCC1c2ccccc2-c2ccccc21)C(C)CC(=O)O. The maximum Gasteiger partial charge on any atom is 0.407 e. The summed E-state index contributed by atoms with van der Waals surface area (Å²) in [4.78, 5) is 37.5. The first-order chi connectivity index (χ1) is 15.3. The van der Waals surface area contributed by atoms with E-state index < -0.39 is 24.0 Å². The van der Waals surface area contributed by atoms with Crippen LogP contribution in [0.3, 0.4) is 0 Å². The van der Waals surface area contributed by atoms with Gasteiger partial charge in [0.05, 0.1) is 12.3 Å². The summed E-state index contributed by atoms with van der Waals surface area (Å²) in [5.41, 5.74) is 4.59. The molecular weight excluding hydrogens is 408 g/mol. The highest BCUT2D eigenvalue weighted by Crippen LogP contribution is 2.44. The van der Waals surface area contributed by atoms with E-state index in [0.29, 0.717) is 6.54 Å². The highest BCUT2D eigenvalue weighted by Gasteiger charge is 2.29. The second kappa shape index (κ2) is 10.3. The van der Waals surface area contributed by atoms with E-state index in [-0.39, 0.29) is 31.4 Å².